The molecule has 5 heteroatoms. The first-order valence-electron chi connectivity index (χ1n) is 7.54. The molecule has 2 fully saturated rings. The third-order valence-corrected chi connectivity index (χ3v) is 4.69. The van der Waals surface area contributed by atoms with Gasteiger partial charge in [0, 0.05) is 6.04 Å². The third-order valence-electron chi connectivity index (χ3n) is 4.69. The first-order chi connectivity index (χ1) is 9.66. The maximum absolute atomic E-state index is 12.4. The first-order valence-corrected chi connectivity index (χ1v) is 7.54. The SMILES string of the molecule is O=C(O)[C@@H]1[C@@H](C(=O)NC2CCCCCC2)[C@H]2C=C[C@@H]1O2. The van der Waals surface area contributed by atoms with Crippen molar-refractivity contribution in [3.8, 4) is 0 Å². The highest BCUT2D eigenvalue weighted by atomic mass is 16.5. The second kappa shape index (κ2) is 5.56. The van der Waals surface area contributed by atoms with Crippen LogP contribution in [0, 0.1) is 11.8 Å². The lowest BCUT2D eigenvalue weighted by Crippen LogP contribution is -2.46. The van der Waals surface area contributed by atoms with Gasteiger partial charge in [0.05, 0.1) is 18.1 Å². The van der Waals surface area contributed by atoms with Crippen LogP contribution in [0.3, 0.4) is 0 Å². The van der Waals surface area contributed by atoms with Crippen LogP contribution < -0.4 is 5.32 Å². The van der Waals surface area contributed by atoms with Gasteiger partial charge >= 0.3 is 5.97 Å². The van der Waals surface area contributed by atoms with Crippen molar-refractivity contribution in [3.63, 3.8) is 0 Å². The van der Waals surface area contributed by atoms with Crippen LogP contribution in [0.15, 0.2) is 12.2 Å². The summed E-state index contributed by atoms with van der Waals surface area (Å²) in [4.78, 5) is 23.8. The van der Waals surface area contributed by atoms with Crippen molar-refractivity contribution in [2.24, 2.45) is 11.8 Å². The van der Waals surface area contributed by atoms with Gasteiger partial charge in [0.2, 0.25) is 5.91 Å². The van der Waals surface area contributed by atoms with Crippen molar-refractivity contribution in [1.29, 1.82) is 0 Å². The summed E-state index contributed by atoms with van der Waals surface area (Å²) in [5.74, 6) is -2.41. The van der Waals surface area contributed by atoms with E-state index >= 15 is 0 Å². The number of hydrogen-bond donors (Lipinski definition) is 2. The van der Waals surface area contributed by atoms with Gasteiger partial charge in [-0.15, -0.1) is 0 Å². The van der Waals surface area contributed by atoms with Gasteiger partial charge in [0.25, 0.3) is 0 Å². The second-order valence-corrected chi connectivity index (χ2v) is 6.04. The van der Waals surface area contributed by atoms with Gasteiger partial charge in [-0.2, -0.15) is 0 Å². The topological polar surface area (TPSA) is 75.6 Å². The van der Waals surface area contributed by atoms with E-state index in [9.17, 15) is 14.7 Å². The molecule has 0 aromatic rings. The van der Waals surface area contributed by atoms with Crippen molar-refractivity contribution < 1.29 is 19.4 Å². The standard InChI is InChI=1S/C15H21NO4/c17-14(16-9-5-3-1-2-4-6-9)12-10-7-8-11(20-10)13(12)15(18)19/h7-13H,1-6H2,(H,16,17)(H,18,19)/t10-,11+,12+,13+/m1/s1. The summed E-state index contributed by atoms with van der Waals surface area (Å²) in [5.41, 5.74) is 0. The van der Waals surface area contributed by atoms with E-state index in [0.29, 0.717) is 0 Å². The molecule has 1 saturated heterocycles. The Kier molecular flexibility index (Phi) is 3.78. The lowest BCUT2D eigenvalue weighted by molar-refractivity contribution is -0.146. The van der Waals surface area contributed by atoms with Crippen molar-refractivity contribution in [1.82, 2.24) is 5.32 Å². The fourth-order valence-electron chi connectivity index (χ4n) is 3.64. The van der Waals surface area contributed by atoms with Gasteiger partial charge in [0.1, 0.15) is 5.92 Å². The number of hydrogen-bond acceptors (Lipinski definition) is 3. The lowest BCUT2D eigenvalue weighted by Gasteiger charge is -2.24. The predicted octanol–water partition coefficient (Wildman–Crippen LogP) is 1.48. The molecular weight excluding hydrogens is 258 g/mol. The monoisotopic (exact) mass is 279 g/mol. The summed E-state index contributed by atoms with van der Waals surface area (Å²) >= 11 is 0. The molecular formula is C15H21NO4. The molecule has 1 saturated carbocycles. The van der Waals surface area contributed by atoms with Crippen LogP contribution in [-0.2, 0) is 14.3 Å². The van der Waals surface area contributed by atoms with E-state index < -0.39 is 23.9 Å². The molecule has 5 nitrogen and oxygen atoms in total. The lowest BCUT2D eigenvalue weighted by atomic mass is 9.82. The van der Waals surface area contributed by atoms with Crippen LogP contribution in [-0.4, -0.2) is 35.2 Å². The number of aliphatic carboxylic acids is 1. The molecule has 20 heavy (non-hydrogen) atoms. The van der Waals surface area contributed by atoms with Gasteiger partial charge in [-0.1, -0.05) is 37.8 Å². The van der Waals surface area contributed by atoms with E-state index in [0.717, 1.165) is 25.7 Å². The number of carboxylic acids is 1. The minimum Gasteiger partial charge on any atom is -0.481 e. The normalized spacial score (nSPS) is 36.8. The maximum Gasteiger partial charge on any atom is 0.310 e. The Morgan fingerprint density at radius 2 is 1.60 bits per heavy atom. The van der Waals surface area contributed by atoms with Crippen LogP contribution >= 0.6 is 0 Å². The fourth-order valence-corrected chi connectivity index (χ4v) is 3.64. The number of carboxylic acid groups (broad SMARTS) is 1. The molecule has 2 aliphatic heterocycles. The molecule has 0 radical (unpaired) electrons. The quantitative estimate of drug-likeness (QED) is 0.606. The number of amides is 1. The zero-order valence-electron chi connectivity index (χ0n) is 11.5. The molecule has 2 heterocycles. The minimum atomic E-state index is -0.942. The summed E-state index contributed by atoms with van der Waals surface area (Å²) in [6.07, 6.45) is 9.51. The maximum atomic E-state index is 12.4. The smallest absolute Gasteiger partial charge is 0.310 e. The molecule has 3 rings (SSSR count). The number of ether oxygens (including phenoxy) is 1. The molecule has 0 aromatic heterocycles. The average molecular weight is 279 g/mol. The Hall–Kier alpha value is -1.36. The molecule has 2 N–H and O–H groups in total. The highest BCUT2D eigenvalue weighted by Gasteiger charge is 2.53. The fraction of sp³-hybridized carbons (Fsp3) is 0.733. The number of carbonyl (C=O) groups is 2. The zero-order chi connectivity index (χ0) is 14.1. The van der Waals surface area contributed by atoms with E-state index in [-0.39, 0.29) is 18.1 Å². The van der Waals surface area contributed by atoms with E-state index in [1.54, 1.807) is 6.08 Å². The van der Waals surface area contributed by atoms with E-state index in [4.69, 9.17) is 4.74 Å². The van der Waals surface area contributed by atoms with Crippen molar-refractivity contribution in [2.45, 2.75) is 56.8 Å². The van der Waals surface area contributed by atoms with Gasteiger partial charge in [0.15, 0.2) is 0 Å². The number of nitrogens with one attached hydrogen (secondary N) is 1. The molecule has 1 amide bonds. The average Bonchev–Trinajstić information content (AvgIpc) is 2.93. The van der Waals surface area contributed by atoms with Crippen LogP contribution in [0.4, 0.5) is 0 Å². The van der Waals surface area contributed by atoms with E-state index in [1.807, 2.05) is 6.08 Å². The predicted molar refractivity (Wildman–Crippen MR) is 72.0 cm³/mol. The Morgan fingerprint density at radius 3 is 2.20 bits per heavy atom. The largest absolute Gasteiger partial charge is 0.481 e. The molecule has 110 valence electrons. The number of rotatable bonds is 3. The highest BCUT2D eigenvalue weighted by molar-refractivity contribution is 5.87. The Balaban J connectivity index is 1.66. The van der Waals surface area contributed by atoms with Gasteiger partial charge in [-0.3, -0.25) is 9.59 Å². The number of fused-ring (bicyclic) bond motifs is 2. The van der Waals surface area contributed by atoms with Crippen molar-refractivity contribution >= 4 is 11.9 Å². The Bertz CT molecular complexity index is 426. The zero-order valence-corrected chi connectivity index (χ0v) is 11.5. The van der Waals surface area contributed by atoms with Crippen molar-refractivity contribution in [3.05, 3.63) is 12.2 Å². The van der Waals surface area contributed by atoms with Crippen LogP contribution in [0.5, 0.6) is 0 Å². The first kappa shape index (κ1) is 13.6. The summed E-state index contributed by atoms with van der Waals surface area (Å²) < 4.78 is 5.54. The molecule has 2 bridgehead atoms. The van der Waals surface area contributed by atoms with Crippen LogP contribution in [0.25, 0.3) is 0 Å². The Labute approximate surface area is 118 Å². The number of carbonyl (C=O) groups excluding carboxylic acids is 1. The van der Waals surface area contributed by atoms with Gasteiger partial charge in [-0.25, -0.2) is 0 Å². The highest BCUT2D eigenvalue weighted by Crippen LogP contribution is 2.39. The van der Waals surface area contributed by atoms with E-state index in [1.165, 1.54) is 12.8 Å². The molecule has 1 aliphatic carbocycles. The van der Waals surface area contributed by atoms with Gasteiger partial charge in [-0.05, 0) is 12.8 Å². The van der Waals surface area contributed by atoms with E-state index in [2.05, 4.69) is 5.32 Å². The Morgan fingerprint density at radius 1 is 1.00 bits per heavy atom. The summed E-state index contributed by atoms with van der Waals surface area (Å²) in [5, 5.41) is 12.4. The van der Waals surface area contributed by atoms with Crippen molar-refractivity contribution in [2.75, 3.05) is 0 Å². The van der Waals surface area contributed by atoms with Crippen LogP contribution in [0.1, 0.15) is 38.5 Å². The summed E-state index contributed by atoms with van der Waals surface area (Å²) in [6, 6.07) is 0.197. The van der Waals surface area contributed by atoms with Crippen LogP contribution in [0.2, 0.25) is 0 Å². The summed E-state index contributed by atoms with van der Waals surface area (Å²) in [6.45, 7) is 0. The van der Waals surface area contributed by atoms with Gasteiger partial charge < -0.3 is 15.2 Å². The summed E-state index contributed by atoms with van der Waals surface area (Å²) in [7, 11) is 0. The third kappa shape index (κ3) is 2.46. The molecule has 3 aliphatic rings. The molecule has 0 aromatic carbocycles. The second-order valence-electron chi connectivity index (χ2n) is 6.04. The molecule has 0 unspecified atom stereocenters. The molecule has 0 spiro atoms. The minimum absolute atomic E-state index is 0.152. The molecule has 4 atom stereocenters.